The summed E-state index contributed by atoms with van der Waals surface area (Å²) in [4.78, 5) is 39.4. The van der Waals surface area contributed by atoms with Crippen molar-refractivity contribution in [2.24, 2.45) is 34.0 Å². The van der Waals surface area contributed by atoms with Crippen LogP contribution in [0, 0.1) is 34.0 Å². The first kappa shape index (κ1) is 23.9. The van der Waals surface area contributed by atoms with Crippen molar-refractivity contribution >= 4 is 11.8 Å². The predicted molar refractivity (Wildman–Crippen MR) is 124 cm³/mol. The van der Waals surface area contributed by atoms with Gasteiger partial charge in [0.05, 0.1) is 12.3 Å². The molecular weight excluding hydrogens is 420 g/mol. The molecular formula is C26H36N2O5. The lowest BCUT2D eigenvalue weighted by molar-refractivity contribution is -0.189. The third kappa shape index (κ3) is 3.34. The van der Waals surface area contributed by atoms with Crippen molar-refractivity contribution < 1.29 is 19.1 Å². The number of H-pyrrole nitrogens is 1. The van der Waals surface area contributed by atoms with Crippen molar-refractivity contribution in [3.05, 3.63) is 40.8 Å². The molecule has 4 rings (SSSR count). The second-order valence-corrected chi connectivity index (χ2v) is 10.9. The maximum Gasteiger partial charge on any atom is 0.344 e. The van der Waals surface area contributed by atoms with E-state index in [1.165, 1.54) is 6.20 Å². The van der Waals surface area contributed by atoms with Crippen molar-refractivity contribution in [2.45, 2.75) is 72.0 Å². The van der Waals surface area contributed by atoms with E-state index in [2.05, 4.69) is 37.5 Å². The van der Waals surface area contributed by atoms with Crippen molar-refractivity contribution in [2.75, 3.05) is 7.11 Å². The van der Waals surface area contributed by atoms with Gasteiger partial charge in [0, 0.05) is 42.4 Å². The summed E-state index contributed by atoms with van der Waals surface area (Å²) in [6.07, 6.45) is 7.53. The Morgan fingerprint density at radius 2 is 1.94 bits per heavy atom. The van der Waals surface area contributed by atoms with E-state index in [1.807, 2.05) is 6.92 Å². The fourth-order valence-electron chi connectivity index (χ4n) is 7.48. The van der Waals surface area contributed by atoms with Gasteiger partial charge < -0.3 is 9.47 Å². The average molecular weight is 457 g/mol. The second kappa shape index (κ2) is 8.19. The largest absolute Gasteiger partial charge is 0.458 e. The lowest BCUT2D eigenvalue weighted by Gasteiger charge is -2.61. The monoisotopic (exact) mass is 456 g/mol. The third-order valence-corrected chi connectivity index (χ3v) is 9.74. The second-order valence-electron chi connectivity index (χ2n) is 10.9. The Kier molecular flexibility index (Phi) is 5.92. The van der Waals surface area contributed by atoms with Gasteiger partial charge in [0.15, 0.2) is 0 Å². The molecule has 1 N–H and O–H groups in total. The summed E-state index contributed by atoms with van der Waals surface area (Å²) in [5.74, 6) is -0.363. The van der Waals surface area contributed by atoms with Gasteiger partial charge in [-0.05, 0) is 43.9 Å². The number of ether oxygens (including phenoxy) is 2. The molecule has 0 saturated heterocycles. The number of ketones is 1. The smallest absolute Gasteiger partial charge is 0.344 e. The van der Waals surface area contributed by atoms with Crippen LogP contribution in [0.25, 0.3) is 0 Å². The molecule has 180 valence electrons. The number of hydrogen-bond donors (Lipinski definition) is 1. The minimum absolute atomic E-state index is 0.00776. The summed E-state index contributed by atoms with van der Waals surface area (Å²) in [6.45, 7) is 12.4. The predicted octanol–water partition coefficient (Wildman–Crippen LogP) is 3.94. The topological polar surface area (TPSA) is 98.4 Å². The molecule has 0 radical (unpaired) electrons. The molecule has 2 bridgehead atoms. The van der Waals surface area contributed by atoms with Gasteiger partial charge in [-0.25, -0.2) is 4.79 Å². The summed E-state index contributed by atoms with van der Waals surface area (Å²) in [6, 6.07) is 0. The van der Waals surface area contributed by atoms with E-state index in [-0.39, 0.29) is 40.6 Å². The molecule has 33 heavy (non-hydrogen) atoms. The standard InChI is InChI=1S/C26H36N2O5/c1-7-24(4)12-20(33-23(31)17-13-27-28-14-18(17)29)25(5)15(2)8-10-26(16(3)22(24)30)11-9-19(32-6)21(25)26/h7,13-16,19-21H,1,8-12H2,2-6H3,(H,27,29)/t15-,16+,19?,20-,21?,24-,25+,26?/m1/s1. The Balaban J connectivity index is 1.88. The molecule has 7 heteroatoms. The Hall–Kier alpha value is -2.28. The number of carbonyl (C=O) groups is 2. The van der Waals surface area contributed by atoms with Crippen LogP contribution < -0.4 is 5.43 Å². The molecule has 3 aliphatic carbocycles. The first-order valence-corrected chi connectivity index (χ1v) is 12.0. The number of aromatic nitrogens is 2. The van der Waals surface area contributed by atoms with E-state index in [1.54, 1.807) is 13.2 Å². The number of hydrogen-bond acceptors (Lipinski definition) is 6. The average Bonchev–Trinajstić information content (AvgIpc) is 3.20. The van der Waals surface area contributed by atoms with Crippen LogP contribution in [0.1, 0.15) is 70.2 Å². The molecule has 1 aromatic rings. The normalized spacial score (nSPS) is 42.7. The minimum Gasteiger partial charge on any atom is -0.458 e. The quantitative estimate of drug-likeness (QED) is 0.544. The number of Topliss-reactive ketones (excluding diaryl/α,β-unsaturated/α-hetero) is 1. The molecule has 7 nitrogen and oxygen atoms in total. The molecule has 8 atom stereocenters. The molecule has 0 amide bonds. The summed E-state index contributed by atoms with van der Waals surface area (Å²) < 4.78 is 12.2. The Bertz CT molecular complexity index is 1020. The number of nitrogens with one attached hydrogen (secondary N) is 1. The minimum atomic E-state index is -0.837. The van der Waals surface area contributed by atoms with Gasteiger partial charge in [-0.1, -0.05) is 26.8 Å². The molecule has 1 heterocycles. The maximum atomic E-state index is 13.9. The highest BCUT2D eigenvalue weighted by Gasteiger charge is 2.68. The van der Waals surface area contributed by atoms with Crippen LogP contribution >= 0.6 is 0 Å². The van der Waals surface area contributed by atoms with E-state index >= 15 is 0 Å². The van der Waals surface area contributed by atoms with E-state index in [4.69, 9.17) is 9.47 Å². The van der Waals surface area contributed by atoms with Crippen molar-refractivity contribution in [3.8, 4) is 0 Å². The third-order valence-electron chi connectivity index (χ3n) is 9.74. The molecule has 1 aromatic heterocycles. The van der Waals surface area contributed by atoms with E-state index < -0.39 is 28.3 Å². The van der Waals surface area contributed by atoms with Crippen LogP contribution in [0.4, 0.5) is 0 Å². The molecule has 3 fully saturated rings. The zero-order valence-corrected chi connectivity index (χ0v) is 20.3. The number of methoxy groups -OCH3 is 1. The summed E-state index contributed by atoms with van der Waals surface area (Å²) in [7, 11) is 1.74. The van der Waals surface area contributed by atoms with E-state index in [0.717, 1.165) is 31.9 Å². The van der Waals surface area contributed by atoms with Crippen LogP contribution in [-0.4, -0.2) is 41.3 Å². The van der Waals surface area contributed by atoms with Crippen molar-refractivity contribution in [1.82, 2.24) is 10.2 Å². The van der Waals surface area contributed by atoms with Gasteiger partial charge in [-0.2, -0.15) is 5.10 Å². The molecule has 0 spiro atoms. The molecule has 3 unspecified atom stereocenters. The van der Waals surface area contributed by atoms with Crippen LogP contribution in [0.3, 0.4) is 0 Å². The summed E-state index contributed by atoms with van der Waals surface area (Å²) >= 11 is 0. The zero-order valence-electron chi connectivity index (χ0n) is 20.3. The summed E-state index contributed by atoms with van der Waals surface area (Å²) in [5, 5.41) is 6.23. The lowest BCUT2D eigenvalue weighted by atomic mass is 9.44. The number of carbonyl (C=O) groups excluding carboxylic acids is 2. The lowest BCUT2D eigenvalue weighted by Crippen LogP contribution is -2.63. The molecule has 0 aromatic carbocycles. The van der Waals surface area contributed by atoms with Crippen molar-refractivity contribution in [1.29, 1.82) is 0 Å². The zero-order chi connectivity index (χ0) is 24.2. The highest BCUT2D eigenvalue weighted by atomic mass is 16.5. The van der Waals surface area contributed by atoms with E-state index in [0.29, 0.717) is 6.42 Å². The maximum absolute atomic E-state index is 13.9. The Labute approximate surface area is 195 Å². The fraction of sp³-hybridized carbons (Fsp3) is 0.692. The van der Waals surface area contributed by atoms with Crippen LogP contribution in [-0.2, 0) is 14.3 Å². The van der Waals surface area contributed by atoms with Crippen LogP contribution in [0.15, 0.2) is 29.8 Å². The number of allylic oxidation sites excluding steroid dienone is 1. The summed E-state index contributed by atoms with van der Waals surface area (Å²) in [5.41, 5.74) is -2.05. The SMILES string of the molecule is C=C[C@]1(C)C[C@@H](OC(=O)c2c[nH]ncc2=O)[C@@]2(C)C3C(OC)CCC3(CC[C@H]2C)[C@@H](C)C1=O. The Morgan fingerprint density at radius 3 is 2.58 bits per heavy atom. The molecule has 0 aliphatic heterocycles. The number of nitrogens with zero attached hydrogens (tertiary/aromatic N) is 1. The van der Waals surface area contributed by atoms with Gasteiger partial charge in [0.2, 0.25) is 5.43 Å². The molecule has 3 aliphatic rings. The fourth-order valence-corrected chi connectivity index (χ4v) is 7.48. The Morgan fingerprint density at radius 1 is 1.24 bits per heavy atom. The van der Waals surface area contributed by atoms with Gasteiger partial charge in [-0.3, -0.25) is 14.7 Å². The van der Waals surface area contributed by atoms with Gasteiger partial charge in [0.25, 0.3) is 0 Å². The van der Waals surface area contributed by atoms with E-state index in [9.17, 15) is 14.4 Å². The van der Waals surface area contributed by atoms with Crippen LogP contribution in [0.5, 0.6) is 0 Å². The van der Waals surface area contributed by atoms with Gasteiger partial charge >= 0.3 is 5.97 Å². The van der Waals surface area contributed by atoms with Crippen LogP contribution in [0.2, 0.25) is 0 Å². The van der Waals surface area contributed by atoms with Gasteiger partial charge in [-0.15, -0.1) is 6.58 Å². The number of aromatic amines is 1. The van der Waals surface area contributed by atoms with Crippen molar-refractivity contribution in [3.63, 3.8) is 0 Å². The number of rotatable bonds is 4. The van der Waals surface area contributed by atoms with Gasteiger partial charge in [0.1, 0.15) is 17.5 Å². The first-order chi connectivity index (χ1) is 15.5. The highest BCUT2D eigenvalue weighted by Crippen LogP contribution is 2.68. The highest BCUT2D eigenvalue weighted by molar-refractivity contribution is 5.90. The molecule has 3 saturated carbocycles. The number of esters is 1. The first-order valence-electron chi connectivity index (χ1n) is 12.0.